The Labute approximate surface area is 220 Å². The second kappa shape index (κ2) is 10.5. The second-order valence-corrected chi connectivity index (χ2v) is 10.7. The minimum Gasteiger partial charge on any atom is -0.490 e. The molecule has 192 valence electrons. The van der Waals surface area contributed by atoms with E-state index >= 15 is 0 Å². The first-order valence-electron chi connectivity index (χ1n) is 13.1. The average molecular weight is 497 g/mol. The maximum Gasteiger partial charge on any atom is 0.129 e. The van der Waals surface area contributed by atoms with Crippen LogP contribution in [0.1, 0.15) is 37.0 Å². The van der Waals surface area contributed by atoms with Crippen molar-refractivity contribution in [1.82, 2.24) is 10.2 Å². The van der Waals surface area contributed by atoms with E-state index in [-0.39, 0.29) is 12.1 Å². The van der Waals surface area contributed by atoms with E-state index in [1.54, 1.807) is 0 Å². The van der Waals surface area contributed by atoms with E-state index in [9.17, 15) is 10.4 Å². The molecule has 2 N–H and O–H groups in total. The number of rotatable bonds is 5. The van der Waals surface area contributed by atoms with Crippen molar-refractivity contribution >= 4 is 11.3 Å². The molecule has 3 aliphatic heterocycles. The highest BCUT2D eigenvalue weighted by atomic mass is 16.5. The van der Waals surface area contributed by atoms with Crippen molar-refractivity contribution in [1.29, 1.82) is 5.26 Å². The quantitative estimate of drug-likeness (QED) is 0.635. The molecular formula is C31H36N4O2. The number of nitrogens with one attached hydrogen (secondary N) is 1. The lowest BCUT2D eigenvalue weighted by Gasteiger charge is -2.39. The van der Waals surface area contributed by atoms with Crippen molar-refractivity contribution in [3.63, 3.8) is 0 Å². The summed E-state index contributed by atoms with van der Waals surface area (Å²) in [5, 5.41) is 24.0. The Balaban J connectivity index is 1.35. The molecule has 6 heteroatoms. The molecule has 2 aromatic carbocycles. The largest absolute Gasteiger partial charge is 0.490 e. The van der Waals surface area contributed by atoms with E-state index in [2.05, 4.69) is 70.6 Å². The summed E-state index contributed by atoms with van der Waals surface area (Å²) in [5.41, 5.74) is 5.64. The second-order valence-electron chi connectivity index (χ2n) is 10.7. The molecule has 0 amide bonds. The van der Waals surface area contributed by atoms with E-state index in [1.807, 2.05) is 38.3 Å². The van der Waals surface area contributed by atoms with Crippen molar-refractivity contribution < 1.29 is 9.84 Å². The van der Waals surface area contributed by atoms with Crippen molar-refractivity contribution in [2.45, 2.75) is 44.9 Å². The fourth-order valence-electron chi connectivity index (χ4n) is 5.34. The zero-order valence-electron chi connectivity index (χ0n) is 21.9. The summed E-state index contributed by atoms with van der Waals surface area (Å²) in [6, 6.07) is 16.9. The fraction of sp³-hybridized carbons (Fsp3) is 0.387. The van der Waals surface area contributed by atoms with Crippen LogP contribution in [-0.4, -0.2) is 54.9 Å². The minimum atomic E-state index is -0.936. The lowest BCUT2D eigenvalue weighted by Crippen LogP contribution is -2.52. The average Bonchev–Trinajstić information content (AvgIpc) is 3.05. The van der Waals surface area contributed by atoms with Crippen molar-refractivity contribution in [2.75, 3.05) is 37.7 Å². The van der Waals surface area contributed by atoms with E-state index in [0.717, 1.165) is 60.7 Å². The zero-order chi connectivity index (χ0) is 26.0. The van der Waals surface area contributed by atoms with E-state index in [1.165, 1.54) is 11.1 Å². The maximum atomic E-state index is 10.7. The number of piperazine rings is 1. The summed E-state index contributed by atoms with van der Waals surface area (Å²) in [4.78, 5) is 4.61. The van der Waals surface area contributed by atoms with Crippen molar-refractivity contribution in [3.8, 4) is 11.8 Å². The smallest absolute Gasteiger partial charge is 0.129 e. The zero-order valence-corrected chi connectivity index (χ0v) is 21.9. The number of aryl methyl sites for hydroxylation is 1. The number of fused-ring (bicyclic) bond motifs is 2. The van der Waals surface area contributed by atoms with Crippen LogP contribution in [0.2, 0.25) is 0 Å². The molecule has 37 heavy (non-hydrogen) atoms. The molecule has 0 radical (unpaired) electrons. The van der Waals surface area contributed by atoms with Crippen LogP contribution in [0.4, 0.5) is 5.69 Å². The molecule has 1 fully saturated rings. The molecule has 0 bridgehead atoms. The molecule has 0 aliphatic carbocycles. The Kier molecular flexibility index (Phi) is 7.10. The van der Waals surface area contributed by atoms with Crippen LogP contribution in [0, 0.1) is 18.3 Å². The molecule has 2 aromatic rings. The van der Waals surface area contributed by atoms with Crippen LogP contribution in [0.3, 0.4) is 0 Å². The van der Waals surface area contributed by atoms with Gasteiger partial charge in [0, 0.05) is 37.4 Å². The van der Waals surface area contributed by atoms with E-state index in [4.69, 9.17) is 4.74 Å². The van der Waals surface area contributed by atoms with Gasteiger partial charge in [-0.2, -0.15) is 5.26 Å². The summed E-state index contributed by atoms with van der Waals surface area (Å²) in [6.45, 7) is 9.62. The third kappa shape index (κ3) is 5.44. The molecule has 0 saturated carbocycles. The van der Waals surface area contributed by atoms with Gasteiger partial charge in [-0.05, 0) is 80.4 Å². The lowest BCUT2D eigenvalue weighted by atomic mass is 9.88. The standard InChI is InChI=1S/C31H36N4O2/c1-22-8-11-24(12-9-22)35-17-16-34(20-25(35)19-32)15-5-7-26-27-6-4-14-33-29(27)21-37-30-13-10-23(18-28(26)30)31(2,3)36/h4,6-14,18,25,29,33,36H,5,15-17,20-21H2,1-3H3/b26-7+. The molecule has 0 aromatic heterocycles. The highest BCUT2D eigenvalue weighted by Gasteiger charge is 2.29. The summed E-state index contributed by atoms with van der Waals surface area (Å²) < 4.78 is 6.19. The van der Waals surface area contributed by atoms with Crippen molar-refractivity contribution in [2.24, 2.45) is 0 Å². The third-order valence-corrected chi connectivity index (χ3v) is 7.51. The first kappa shape index (κ1) is 25.1. The van der Waals surface area contributed by atoms with Crippen LogP contribution >= 0.6 is 0 Å². The van der Waals surface area contributed by atoms with Gasteiger partial charge in [0.2, 0.25) is 0 Å². The number of allylic oxidation sites excluding steroid dienone is 2. The highest BCUT2D eigenvalue weighted by Crippen LogP contribution is 2.39. The normalized spacial score (nSPS) is 22.7. The van der Waals surface area contributed by atoms with Gasteiger partial charge in [-0.15, -0.1) is 0 Å². The molecule has 5 rings (SSSR count). The number of dihydropyridines is 1. The van der Waals surface area contributed by atoms with Gasteiger partial charge in [-0.1, -0.05) is 35.9 Å². The number of hydrogen-bond donors (Lipinski definition) is 2. The van der Waals surface area contributed by atoms with Crippen LogP contribution in [0.15, 0.2) is 72.5 Å². The number of hydrogen-bond acceptors (Lipinski definition) is 6. The van der Waals surface area contributed by atoms with Crippen LogP contribution in [0.5, 0.6) is 5.75 Å². The lowest BCUT2D eigenvalue weighted by molar-refractivity contribution is 0.0785. The number of nitrogens with zero attached hydrogens (tertiary/aromatic N) is 3. The van der Waals surface area contributed by atoms with Gasteiger partial charge in [-0.25, -0.2) is 0 Å². The Morgan fingerprint density at radius 3 is 2.76 bits per heavy atom. The van der Waals surface area contributed by atoms with E-state index in [0.29, 0.717) is 6.61 Å². The first-order chi connectivity index (χ1) is 17.8. The Morgan fingerprint density at radius 1 is 1.19 bits per heavy atom. The van der Waals surface area contributed by atoms with Gasteiger partial charge in [0.05, 0.1) is 17.7 Å². The van der Waals surface area contributed by atoms with Gasteiger partial charge < -0.3 is 20.1 Å². The summed E-state index contributed by atoms with van der Waals surface area (Å²) in [5.74, 6) is 0.840. The molecule has 3 aliphatic rings. The maximum absolute atomic E-state index is 10.7. The fourth-order valence-corrected chi connectivity index (χ4v) is 5.34. The molecule has 2 atom stereocenters. The molecule has 6 nitrogen and oxygen atoms in total. The number of nitriles is 1. The SMILES string of the molecule is Cc1ccc(N2CCN(CC/C=C3\C4=CC=CNC4COc4ccc(C(C)(C)O)cc43)CC2C#N)cc1. The van der Waals surface area contributed by atoms with E-state index < -0.39 is 5.60 Å². The van der Waals surface area contributed by atoms with Gasteiger partial charge in [-0.3, -0.25) is 4.90 Å². The summed E-state index contributed by atoms with van der Waals surface area (Å²) >= 11 is 0. The van der Waals surface area contributed by atoms with Crippen LogP contribution in [-0.2, 0) is 5.60 Å². The Hall–Kier alpha value is -3.53. The molecular weight excluding hydrogens is 460 g/mol. The third-order valence-electron chi connectivity index (χ3n) is 7.51. The topological polar surface area (TPSA) is 71.8 Å². The highest BCUT2D eigenvalue weighted by molar-refractivity contribution is 5.85. The Bertz CT molecular complexity index is 1260. The molecule has 0 spiro atoms. The number of aliphatic hydroxyl groups is 1. The first-order valence-corrected chi connectivity index (χ1v) is 13.1. The Morgan fingerprint density at radius 2 is 2.00 bits per heavy atom. The predicted molar refractivity (Wildman–Crippen MR) is 148 cm³/mol. The van der Waals surface area contributed by atoms with Crippen molar-refractivity contribution in [3.05, 3.63) is 89.2 Å². The van der Waals surface area contributed by atoms with Gasteiger partial charge in [0.15, 0.2) is 0 Å². The van der Waals surface area contributed by atoms with Gasteiger partial charge in [0.1, 0.15) is 18.4 Å². The van der Waals surface area contributed by atoms with Gasteiger partial charge in [0.25, 0.3) is 0 Å². The van der Waals surface area contributed by atoms with Crippen LogP contribution in [0.25, 0.3) is 5.57 Å². The number of ether oxygens (including phenoxy) is 1. The molecule has 3 heterocycles. The monoisotopic (exact) mass is 496 g/mol. The molecule has 1 saturated heterocycles. The molecule has 2 unspecified atom stereocenters. The summed E-state index contributed by atoms with van der Waals surface area (Å²) in [7, 11) is 0. The number of anilines is 1. The number of benzene rings is 2. The summed E-state index contributed by atoms with van der Waals surface area (Å²) in [6.07, 6.45) is 9.32. The predicted octanol–water partition coefficient (Wildman–Crippen LogP) is 4.51. The van der Waals surface area contributed by atoms with Crippen LogP contribution < -0.4 is 15.0 Å². The van der Waals surface area contributed by atoms with Gasteiger partial charge >= 0.3 is 0 Å². The minimum absolute atomic E-state index is 0.0789.